The highest BCUT2D eigenvalue weighted by Gasteiger charge is 2.46. The Morgan fingerprint density at radius 2 is 0.912 bits per heavy atom. The Balaban J connectivity index is 1.28. The van der Waals surface area contributed by atoms with Crippen molar-refractivity contribution < 1.29 is 0 Å². The molecule has 0 amide bonds. The summed E-state index contributed by atoms with van der Waals surface area (Å²) >= 11 is 0. The summed E-state index contributed by atoms with van der Waals surface area (Å²) in [6, 6.07) is 73.9. The van der Waals surface area contributed by atoms with Gasteiger partial charge in [0, 0.05) is 17.1 Å². The largest absolute Gasteiger partial charge is 0.310 e. The van der Waals surface area contributed by atoms with E-state index in [-0.39, 0.29) is 0 Å². The van der Waals surface area contributed by atoms with Crippen LogP contribution in [0.4, 0.5) is 17.1 Å². The average Bonchev–Trinajstić information content (AvgIpc) is 3.57. The Hall–Kier alpha value is -6.96. The summed E-state index contributed by atoms with van der Waals surface area (Å²) in [6.07, 6.45) is 6.44. The Morgan fingerprint density at radius 3 is 1.51 bits per heavy atom. The van der Waals surface area contributed by atoms with E-state index >= 15 is 0 Å². The van der Waals surface area contributed by atoms with Gasteiger partial charge in [-0.1, -0.05) is 182 Å². The molecule has 8 aromatic carbocycles. The van der Waals surface area contributed by atoms with Crippen molar-refractivity contribution >= 4 is 22.6 Å². The zero-order valence-corrected chi connectivity index (χ0v) is 32.7. The fraction of sp³-hybridized carbons (Fsp3) is 0.0714. The van der Waals surface area contributed by atoms with Gasteiger partial charge in [-0.05, 0) is 130 Å². The van der Waals surface area contributed by atoms with Crippen molar-refractivity contribution in [2.24, 2.45) is 0 Å². The number of fused-ring (bicyclic) bond motifs is 3. The number of rotatable bonds is 9. The van der Waals surface area contributed by atoms with E-state index in [9.17, 15) is 0 Å². The first-order valence-electron chi connectivity index (χ1n) is 19.9. The lowest BCUT2D eigenvalue weighted by atomic mass is 9.67. The molecule has 0 saturated heterocycles. The second-order valence-corrected chi connectivity index (χ2v) is 14.9. The SMILES string of the molecule is C/C=C\C(=C/C)c1ccc(N(c2ccc(-c3ccccc3)cc2)c2ccc3c(c2)C(c2ccccc2)(c2ccc(C)cc2)c2cc(-c4ccccc4)ccc2-3)cc1. The molecule has 0 radical (unpaired) electrons. The van der Waals surface area contributed by atoms with Crippen molar-refractivity contribution in [2.75, 3.05) is 4.90 Å². The fourth-order valence-corrected chi connectivity index (χ4v) is 8.76. The van der Waals surface area contributed by atoms with Crippen molar-refractivity contribution in [1.82, 2.24) is 0 Å². The highest BCUT2D eigenvalue weighted by atomic mass is 15.1. The van der Waals surface area contributed by atoms with Crippen LogP contribution in [0.3, 0.4) is 0 Å². The summed E-state index contributed by atoms with van der Waals surface area (Å²) in [5.74, 6) is 0. The molecule has 1 nitrogen and oxygen atoms in total. The molecule has 0 bridgehead atoms. The van der Waals surface area contributed by atoms with E-state index in [1.54, 1.807) is 0 Å². The smallest absolute Gasteiger partial charge is 0.0714 e. The molecule has 9 rings (SSSR count). The van der Waals surface area contributed by atoms with E-state index in [0.29, 0.717) is 0 Å². The highest BCUT2D eigenvalue weighted by Crippen LogP contribution is 2.58. The van der Waals surface area contributed by atoms with Gasteiger partial charge < -0.3 is 4.90 Å². The minimum atomic E-state index is -0.555. The van der Waals surface area contributed by atoms with E-state index in [1.165, 1.54) is 72.3 Å². The van der Waals surface area contributed by atoms with Gasteiger partial charge in [0.1, 0.15) is 0 Å². The van der Waals surface area contributed by atoms with Crippen molar-refractivity contribution in [3.8, 4) is 33.4 Å². The topological polar surface area (TPSA) is 3.24 Å². The van der Waals surface area contributed by atoms with Crippen molar-refractivity contribution in [1.29, 1.82) is 0 Å². The van der Waals surface area contributed by atoms with Gasteiger partial charge in [0.15, 0.2) is 0 Å². The summed E-state index contributed by atoms with van der Waals surface area (Å²) in [7, 11) is 0. The number of hydrogen-bond donors (Lipinski definition) is 0. The van der Waals surface area contributed by atoms with E-state index in [4.69, 9.17) is 0 Å². The molecule has 0 aliphatic heterocycles. The van der Waals surface area contributed by atoms with Crippen LogP contribution in [0.5, 0.6) is 0 Å². The summed E-state index contributed by atoms with van der Waals surface area (Å²) in [6.45, 7) is 6.34. The lowest BCUT2D eigenvalue weighted by Gasteiger charge is -2.35. The Kier molecular flexibility index (Phi) is 9.58. The third-order valence-electron chi connectivity index (χ3n) is 11.5. The molecule has 274 valence electrons. The van der Waals surface area contributed by atoms with Crippen LogP contribution >= 0.6 is 0 Å². The molecule has 1 aliphatic rings. The predicted molar refractivity (Wildman–Crippen MR) is 243 cm³/mol. The maximum Gasteiger partial charge on any atom is 0.0714 e. The molecule has 1 heteroatoms. The van der Waals surface area contributed by atoms with E-state index in [0.717, 1.165) is 17.1 Å². The van der Waals surface area contributed by atoms with Gasteiger partial charge in [0.2, 0.25) is 0 Å². The van der Waals surface area contributed by atoms with Crippen LogP contribution in [-0.4, -0.2) is 0 Å². The number of benzene rings is 8. The Morgan fingerprint density at radius 1 is 0.439 bits per heavy atom. The van der Waals surface area contributed by atoms with Crippen LogP contribution in [0, 0.1) is 6.92 Å². The summed E-state index contributed by atoms with van der Waals surface area (Å²) in [4.78, 5) is 2.41. The summed E-state index contributed by atoms with van der Waals surface area (Å²) in [5, 5.41) is 0. The second-order valence-electron chi connectivity index (χ2n) is 14.9. The van der Waals surface area contributed by atoms with Crippen LogP contribution in [0.25, 0.3) is 39.0 Å². The molecular formula is C56H45N. The van der Waals surface area contributed by atoms with Gasteiger partial charge in [-0.2, -0.15) is 0 Å². The molecular weight excluding hydrogens is 687 g/mol. The zero-order chi connectivity index (χ0) is 38.8. The number of hydrogen-bond acceptors (Lipinski definition) is 1. The lowest BCUT2D eigenvalue weighted by molar-refractivity contribution is 0.768. The number of anilines is 3. The van der Waals surface area contributed by atoms with E-state index in [2.05, 4.69) is 244 Å². The number of nitrogens with zero attached hydrogens (tertiary/aromatic N) is 1. The second kappa shape index (κ2) is 15.3. The molecule has 57 heavy (non-hydrogen) atoms. The molecule has 0 heterocycles. The Labute approximate surface area is 337 Å². The van der Waals surface area contributed by atoms with Gasteiger partial charge in [0.05, 0.1) is 5.41 Å². The quantitative estimate of drug-likeness (QED) is 0.134. The van der Waals surface area contributed by atoms with Crippen molar-refractivity contribution in [2.45, 2.75) is 26.2 Å². The minimum Gasteiger partial charge on any atom is -0.310 e. The zero-order valence-electron chi connectivity index (χ0n) is 32.7. The molecule has 1 aliphatic carbocycles. The third kappa shape index (κ3) is 6.42. The fourth-order valence-electron chi connectivity index (χ4n) is 8.76. The normalized spacial score (nSPS) is 14.7. The molecule has 0 spiro atoms. The predicted octanol–water partition coefficient (Wildman–Crippen LogP) is 15.1. The van der Waals surface area contributed by atoms with Gasteiger partial charge in [-0.25, -0.2) is 0 Å². The average molecular weight is 732 g/mol. The molecule has 0 fully saturated rings. The Bertz CT molecular complexity index is 2710. The lowest BCUT2D eigenvalue weighted by Crippen LogP contribution is -2.29. The molecule has 0 aromatic heterocycles. The molecule has 0 N–H and O–H groups in total. The molecule has 0 saturated carbocycles. The van der Waals surface area contributed by atoms with Gasteiger partial charge in [-0.15, -0.1) is 0 Å². The molecule has 8 aromatic rings. The third-order valence-corrected chi connectivity index (χ3v) is 11.5. The minimum absolute atomic E-state index is 0.555. The first-order valence-corrected chi connectivity index (χ1v) is 19.9. The monoisotopic (exact) mass is 731 g/mol. The highest BCUT2D eigenvalue weighted by molar-refractivity contribution is 5.91. The van der Waals surface area contributed by atoms with Crippen LogP contribution in [0.2, 0.25) is 0 Å². The first kappa shape index (κ1) is 35.7. The van der Waals surface area contributed by atoms with E-state index < -0.39 is 5.41 Å². The standard InChI is InChI=1S/C56H45N/c1-4-15-41(5-2)44-24-31-49(32-25-44)57(50-33-26-45(27-34-50)42-16-9-6-10-17-42)51-35-37-53-52-36-28-46(43-18-11-7-12-19-43)38-54(52)56(55(53)39-51,47-20-13-8-14-21-47)48-29-22-40(3)23-30-48/h4-39H,1-3H3/b15-4-,41-5+. The molecule has 1 atom stereocenters. The molecule has 1 unspecified atom stereocenters. The van der Waals surface area contributed by atoms with Crippen LogP contribution in [0.1, 0.15) is 47.2 Å². The van der Waals surface area contributed by atoms with Crippen molar-refractivity contribution in [3.63, 3.8) is 0 Å². The maximum atomic E-state index is 2.46. The summed E-state index contributed by atoms with van der Waals surface area (Å²) < 4.78 is 0. The van der Waals surface area contributed by atoms with E-state index in [1.807, 2.05) is 0 Å². The number of aryl methyl sites for hydroxylation is 1. The van der Waals surface area contributed by atoms with Crippen LogP contribution in [-0.2, 0) is 5.41 Å². The van der Waals surface area contributed by atoms with Gasteiger partial charge in [-0.3, -0.25) is 0 Å². The maximum absolute atomic E-state index is 2.46. The summed E-state index contributed by atoms with van der Waals surface area (Å²) in [5.41, 5.74) is 18.9. The van der Waals surface area contributed by atoms with Crippen molar-refractivity contribution in [3.05, 3.63) is 252 Å². The van der Waals surface area contributed by atoms with Gasteiger partial charge in [0.25, 0.3) is 0 Å². The first-order chi connectivity index (χ1) is 28.1. The van der Waals surface area contributed by atoms with Crippen LogP contribution < -0.4 is 4.90 Å². The van der Waals surface area contributed by atoms with Crippen LogP contribution in [0.15, 0.2) is 218 Å². The van der Waals surface area contributed by atoms with Gasteiger partial charge >= 0.3 is 0 Å². The number of allylic oxidation sites excluding steroid dienone is 4.